The minimum Gasteiger partial charge on any atom is -0.383 e. The first kappa shape index (κ1) is 11.5. The second kappa shape index (κ2) is 3.97. The number of hydrogen-bond acceptors (Lipinski definition) is 3. The van der Waals surface area contributed by atoms with E-state index in [4.69, 9.17) is 17.3 Å². The number of anilines is 1. The number of fused-ring (bicyclic) bond motifs is 1. The number of nitrogen functional groups attached to an aromatic ring is 1. The second-order valence-electron chi connectivity index (χ2n) is 4.60. The van der Waals surface area contributed by atoms with Gasteiger partial charge in [-0.25, -0.2) is 4.98 Å². The summed E-state index contributed by atoms with van der Waals surface area (Å²) >= 11 is 5.96. The van der Waals surface area contributed by atoms with Crippen LogP contribution in [0.4, 0.5) is 5.82 Å². The third-order valence-corrected chi connectivity index (χ3v) is 3.76. The molecule has 1 aliphatic rings. The molecule has 1 aromatic carbocycles. The molecule has 3 nitrogen and oxygen atoms in total. The molecule has 0 saturated carbocycles. The van der Waals surface area contributed by atoms with Crippen LogP contribution >= 0.6 is 11.6 Å². The zero-order valence-electron chi connectivity index (χ0n) is 9.73. The number of halogens is 1. The molecule has 2 aromatic rings. The average molecular weight is 261 g/mol. The highest BCUT2D eigenvalue weighted by Gasteiger charge is 2.39. The molecule has 0 fully saturated rings. The lowest BCUT2D eigenvalue weighted by Gasteiger charge is -2.25. The Bertz CT molecular complexity index is 614. The summed E-state index contributed by atoms with van der Waals surface area (Å²) < 4.78 is 0. The third-order valence-electron chi connectivity index (χ3n) is 3.55. The number of hydrogen-bond donors (Lipinski definition) is 2. The quantitative estimate of drug-likeness (QED) is 0.828. The van der Waals surface area contributed by atoms with Crippen LogP contribution in [0.25, 0.3) is 0 Å². The van der Waals surface area contributed by atoms with Gasteiger partial charge < -0.3 is 10.8 Å². The molecule has 0 saturated heterocycles. The van der Waals surface area contributed by atoms with Gasteiger partial charge in [0, 0.05) is 11.8 Å². The van der Waals surface area contributed by atoms with E-state index in [1.165, 1.54) is 6.20 Å². The van der Waals surface area contributed by atoms with Gasteiger partial charge in [0.1, 0.15) is 11.4 Å². The molecule has 92 valence electrons. The first-order valence-electron chi connectivity index (χ1n) is 5.83. The molecule has 1 aliphatic carbocycles. The average Bonchev–Trinajstić information content (AvgIpc) is 2.72. The summed E-state index contributed by atoms with van der Waals surface area (Å²) in [6, 6.07) is 9.56. The number of pyridine rings is 1. The van der Waals surface area contributed by atoms with Gasteiger partial charge >= 0.3 is 0 Å². The number of aliphatic hydroxyl groups is 1. The number of rotatable bonds is 1. The molecule has 3 N–H and O–H groups in total. The van der Waals surface area contributed by atoms with Gasteiger partial charge in [0.15, 0.2) is 0 Å². The molecule has 0 spiro atoms. The summed E-state index contributed by atoms with van der Waals surface area (Å²) in [5.41, 5.74) is 7.46. The fourth-order valence-corrected chi connectivity index (χ4v) is 2.81. The fraction of sp³-hybridized carbons (Fsp3) is 0.214. The molecule has 0 radical (unpaired) electrons. The van der Waals surface area contributed by atoms with Crippen LogP contribution in [0.3, 0.4) is 0 Å². The smallest absolute Gasteiger partial charge is 0.129 e. The summed E-state index contributed by atoms with van der Waals surface area (Å²) in [5, 5.41) is 11.4. The Kier molecular flexibility index (Phi) is 2.54. The lowest BCUT2D eigenvalue weighted by Crippen LogP contribution is -2.25. The first-order valence-corrected chi connectivity index (χ1v) is 6.21. The Morgan fingerprint density at radius 2 is 2.06 bits per heavy atom. The normalized spacial score (nSPS) is 21.9. The highest BCUT2D eigenvalue weighted by molar-refractivity contribution is 6.30. The predicted molar refractivity (Wildman–Crippen MR) is 71.4 cm³/mol. The van der Waals surface area contributed by atoms with Crippen molar-refractivity contribution in [2.24, 2.45) is 0 Å². The highest BCUT2D eigenvalue weighted by Crippen LogP contribution is 2.43. The van der Waals surface area contributed by atoms with Crippen molar-refractivity contribution in [2.45, 2.75) is 18.4 Å². The fourth-order valence-electron chi connectivity index (χ4n) is 2.65. The van der Waals surface area contributed by atoms with Gasteiger partial charge in [-0.15, -0.1) is 0 Å². The molecule has 18 heavy (non-hydrogen) atoms. The minimum atomic E-state index is -1.07. The third kappa shape index (κ3) is 1.59. The van der Waals surface area contributed by atoms with Crippen molar-refractivity contribution >= 4 is 17.4 Å². The minimum absolute atomic E-state index is 0.332. The molecule has 1 aromatic heterocycles. The van der Waals surface area contributed by atoms with Crippen LogP contribution in [-0.2, 0) is 12.0 Å². The van der Waals surface area contributed by atoms with E-state index in [0.717, 1.165) is 17.5 Å². The summed E-state index contributed by atoms with van der Waals surface area (Å²) in [6.45, 7) is 0. The SMILES string of the molecule is Nc1ncc(Cl)cc1C1(O)CCc2ccccc21. The van der Waals surface area contributed by atoms with Crippen LogP contribution in [0, 0.1) is 0 Å². The van der Waals surface area contributed by atoms with Crippen molar-refractivity contribution < 1.29 is 5.11 Å². The molecular formula is C14H13ClN2O. The van der Waals surface area contributed by atoms with E-state index in [1.54, 1.807) is 6.07 Å². The van der Waals surface area contributed by atoms with Crippen LogP contribution in [0.15, 0.2) is 36.5 Å². The standard InChI is InChI=1S/C14H13ClN2O/c15-10-7-12(13(16)17-8-10)14(18)6-5-9-3-1-2-4-11(9)14/h1-4,7-8,18H,5-6H2,(H2,16,17). The van der Waals surface area contributed by atoms with E-state index in [0.29, 0.717) is 22.8 Å². The van der Waals surface area contributed by atoms with Crippen molar-refractivity contribution in [1.29, 1.82) is 0 Å². The van der Waals surface area contributed by atoms with Gasteiger partial charge in [0.05, 0.1) is 5.02 Å². The van der Waals surface area contributed by atoms with Crippen LogP contribution < -0.4 is 5.73 Å². The molecular weight excluding hydrogens is 248 g/mol. The summed E-state index contributed by atoms with van der Waals surface area (Å²) in [5.74, 6) is 0.332. The highest BCUT2D eigenvalue weighted by atomic mass is 35.5. The van der Waals surface area contributed by atoms with Gasteiger partial charge in [-0.2, -0.15) is 0 Å². The maximum Gasteiger partial charge on any atom is 0.129 e. The lowest BCUT2D eigenvalue weighted by molar-refractivity contribution is 0.0834. The predicted octanol–water partition coefficient (Wildman–Crippen LogP) is 2.50. The van der Waals surface area contributed by atoms with Crippen LogP contribution in [0.5, 0.6) is 0 Å². The lowest BCUT2D eigenvalue weighted by atomic mass is 9.88. The van der Waals surface area contributed by atoms with Crippen LogP contribution in [0.1, 0.15) is 23.1 Å². The summed E-state index contributed by atoms with van der Waals surface area (Å²) in [4.78, 5) is 4.03. The van der Waals surface area contributed by atoms with E-state index < -0.39 is 5.60 Å². The van der Waals surface area contributed by atoms with Crippen molar-refractivity contribution in [2.75, 3.05) is 5.73 Å². The van der Waals surface area contributed by atoms with Gasteiger partial charge in [-0.05, 0) is 30.0 Å². The number of aromatic nitrogens is 1. The first-order chi connectivity index (χ1) is 8.61. The maximum absolute atomic E-state index is 10.9. The monoisotopic (exact) mass is 260 g/mol. The van der Waals surface area contributed by atoms with E-state index in [1.807, 2.05) is 24.3 Å². The van der Waals surface area contributed by atoms with E-state index in [9.17, 15) is 5.11 Å². The Morgan fingerprint density at radius 1 is 1.28 bits per heavy atom. The van der Waals surface area contributed by atoms with Gasteiger partial charge in [-0.1, -0.05) is 35.9 Å². The summed E-state index contributed by atoms with van der Waals surface area (Å²) in [7, 11) is 0. The van der Waals surface area contributed by atoms with E-state index in [-0.39, 0.29) is 0 Å². The van der Waals surface area contributed by atoms with Gasteiger partial charge in [0.25, 0.3) is 0 Å². The van der Waals surface area contributed by atoms with E-state index in [2.05, 4.69) is 4.98 Å². The maximum atomic E-state index is 10.9. The Labute approximate surface area is 110 Å². The van der Waals surface area contributed by atoms with Crippen molar-refractivity contribution in [3.05, 3.63) is 58.2 Å². The summed E-state index contributed by atoms with van der Waals surface area (Å²) in [6.07, 6.45) is 2.93. The molecule has 0 amide bonds. The van der Waals surface area contributed by atoms with Crippen molar-refractivity contribution in [1.82, 2.24) is 4.98 Å². The van der Waals surface area contributed by atoms with E-state index >= 15 is 0 Å². The molecule has 1 atom stereocenters. The van der Waals surface area contributed by atoms with Gasteiger partial charge in [0.2, 0.25) is 0 Å². The molecule has 1 unspecified atom stereocenters. The Morgan fingerprint density at radius 3 is 2.89 bits per heavy atom. The zero-order valence-corrected chi connectivity index (χ0v) is 10.5. The molecule has 1 heterocycles. The molecule has 0 aliphatic heterocycles. The number of nitrogens with zero attached hydrogens (tertiary/aromatic N) is 1. The zero-order chi connectivity index (χ0) is 12.8. The van der Waals surface area contributed by atoms with Crippen molar-refractivity contribution in [3.63, 3.8) is 0 Å². The van der Waals surface area contributed by atoms with Crippen LogP contribution in [0.2, 0.25) is 5.02 Å². The largest absolute Gasteiger partial charge is 0.383 e. The molecule has 3 rings (SSSR count). The van der Waals surface area contributed by atoms with Gasteiger partial charge in [-0.3, -0.25) is 0 Å². The molecule has 4 heteroatoms. The second-order valence-corrected chi connectivity index (χ2v) is 5.04. The Hall–Kier alpha value is -1.58. The molecule has 0 bridgehead atoms. The number of aryl methyl sites for hydroxylation is 1. The number of benzene rings is 1. The topological polar surface area (TPSA) is 59.1 Å². The Balaban J connectivity index is 2.20. The van der Waals surface area contributed by atoms with Crippen LogP contribution in [-0.4, -0.2) is 10.1 Å². The van der Waals surface area contributed by atoms with Crippen molar-refractivity contribution in [3.8, 4) is 0 Å². The number of nitrogens with two attached hydrogens (primary N) is 1.